The summed E-state index contributed by atoms with van der Waals surface area (Å²) in [5.74, 6) is 0.896. The molecule has 1 saturated heterocycles. The number of carbonyl (C=O) groups is 1. The summed E-state index contributed by atoms with van der Waals surface area (Å²) in [7, 11) is -0.799. The number of hydrogen-bond acceptors (Lipinski definition) is 8. The number of ether oxygens (including phenoxy) is 2. The Balaban J connectivity index is 1.63. The van der Waals surface area contributed by atoms with Crippen LogP contribution in [0.25, 0.3) is 11.3 Å². The van der Waals surface area contributed by atoms with Gasteiger partial charge in [-0.2, -0.15) is 0 Å². The summed E-state index contributed by atoms with van der Waals surface area (Å²) in [5, 5.41) is 3.73. The van der Waals surface area contributed by atoms with Gasteiger partial charge in [0.15, 0.2) is 5.11 Å². The van der Waals surface area contributed by atoms with E-state index < -0.39 is 28.1 Å². The van der Waals surface area contributed by atoms with Crippen molar-refractivity contribution in [1.29, 1.82) is 0 Å². The lowest BCUT2D eigenvalue weighted by molar-refractivity contribution is 0.0601. The molecule has 1 aliphatic heterocycles. The van der Waals surface area contributed by atoms with Crippen molar-refractivity contribution in [3.63, 3.8) is 0 Å². The maximum Gasteiger partial charge on any atom is 0.338 e. The first-order valence-electron chi connectivity index (χ1n) is 12.1. The maximum absolute atomic E-state index is 12.4. The molecule has 1 fully saturated rings. The minimum atomic E-state index is -3.59. The zero-order chi connectivity index (χ0) is 28.4. The third kappa shape index (κ3) is 5.36. The van der Waals surface area contributed by atoms with Crippen LogP contribution in [0.4, 0.5) is 11.4 Å². The molecule has 206 valence electrons. The molecule has 0 amide bonds. The van der Waals surface area contributed by atoms with Gasteiger partial charge in [0.05, 0.1) is 43.5 Å². The molecule has 2 aromatic carbocycles. The zero-order valence-electron chi connectivity index (χ0n) is 21.8. The van der Waals surface area contributed by atoms with Crippen molar-refractivity contribution in [3.05, 3.63) is 96.0 Å². The number of pyridine rings is 1. The Bertz CT molecular complexity index is 1670. The van der Waals surface area contributed by atoms with Crippen molar-refractivity contribution in [3.8, 4) is 17.1 Å². The first-order valence-corrected chi connectivity index (χ1v) is 14.4. The number of nitrogens with one attached hydrogen (secondary N) is 2. The molecule has 0 bridgehead atoms. The molecule has 2 N–H and O–H groups in total. The molecule has 2 atom stereocenters. The molecule has 1 aliphatic rings. The van der Waals surface area contributed by atoms with Crippen LogP contribution in [0.15, 0.2) is 83.4 Å². The Morgan fingerprint density at radius 1 is 1.07 bits per heavy atom. The predicted molar refractivity (Wildman–Crippen MR) is 155 cm³/mol. The Morgan fingerprint density at radius 2 is 1.85 bits per heavy atom. The lowest BCUT2D eigenvalue weighted by Gasteiger charge is -2.27. The number of esters is 1. The van der Waals surface area contributed by atoms with Crippen LogP contribution in [0.2, 0.25) is 0 Å². The Kier molecular flexibility index (Phi) is 7.46. The van der Waals surface area contributed by atoms with E-state index >= 15 is 0 Å². The molecule has 40 heavy (non-hydrogen) atoms. The van der Waals surface area contributed by atoms with E-state index in [0.717, 1.165) is 11.9 Å². The number of hydrogen-bond donors (Lipinski definition) is 2. The number of nitrogens with zero attached hydrogens (tertiary/aromatic N) is 2. The number of rotatable bonds is 8. The fourth-order valence-electron chi connectivity index (χ4n) is 4.69. The fourth-order valence-corrected chi connectivity index (χ4v) is 5.59. The average Bonchev–Trinajstić information content (AvgIpc) is 3.56. The van der Waals surface area contributed by atoms with Crippen molar-refractivity contribution in [1.82, 2.24) is 10.3 Å². The second kappa shape index (κ2) is 11.0. The Hall–Kier alpha value is -4.42. The molecule has 5 rings (SSSR count). The number of methoxy groups -OCH3 is 2. The molecule has 4 aromatic rings. The quantitative estimate of drug-likeness (QED) is 0.225. The standard InChI is InChI=1S/C28H26N4O6S2/c1-36-23-12-11-17(16-21(23)31-40(3,34)35)32-26(25(30-28(32)39)20-10-6-7-15-29-20)24-14-13-22(38-24)18-8-4-5-9-19(18)27(33)37-2/h4-16,25-26,31H,1-3H3,(H,30,39)/t25-,26+/m0/s1. The summed E-state index contributed by atoms with van der Waals surface area (Å²) in [6, 6.07) is 20.4. The van der Waals surface area contributed by atoms with Gasteiger partial charge < -0.3 is 24.1 Å². The highest BCUT2D eigenvalue weighted by Gasteiger charge is 2.43. The lowest BCUT2D eigenvalue weighted by atomic mass is 10.0. The number of benzene rings is 2. The summed E-state index contributed by atoms with van der Waals surface area (Å²) in [5.41, 5.74) is 2.54. The number of furan rings is 1. The topological polar surface area (TPSA) is 123 Å². The van der Waals surface area contributed by atoms with E-state index in [1.54, 1.807) is 48.7 Å². The molecule has 0 aliphatic carbocycles. The molecular weight excluding hydrogens is 552 g/mol. The second-order valence-corrected chi connectivity index (χ2v) is 11.1. The SMILES string of the molecule is COC(=O)c1ccccc1-c1ccc([C@@H]2[C@H](c3ccccn3)NC(=S)N2c2ccc(OC)c(NS(C)(=O)=O)c2)o1. The van der Waals surface area contributed by atoms with Gasteiger partial charge in [-0.3, -0.25) is 9.71 Å². The third-order valence-corrected chi connectivity index (χ3v) is 7.28. The van der Waals surface area contributed by atoms with Crippen LogP contribution < -0.4 is 19.7 Å². The summed E-state index contributed by atoms with van der Waals surface area (Å²) in [6.45, 7) is 0. The van der Waals surface area contributed by atoms with Crippen LogP contribution >= 0.6 is 12.2 Å². The van der Waals surface area contributed by atoms with Crippen molar-refractivity contribution in [2.75, 3.05) is 30.1 Å². The molecule has 0 radical (unpaired) electrons. The van der Waals surface area contributed by atoms with E-state index in [1.165, 1.54) is 14.2 Å². The predicted octanol–water partition coefficient (Wildman–Crippen LogP) is 4.69. The first-order chi connectivity index (χ1) is 19.2. The van der Waals surface area contributed by atoms with Gasteiger partial charge in [0.25, 0.3) is 0 Å². The summed E-state index contributed by atoms with van der Waals surface area (Å²) in [4.78, 5) is 18.8. The van der Waals surface area contributed by atoms with E-state index in [0.29, 0.717) is 39.2 Å². The Labute approximate surface area is 237 Å². The van der Waals surface area contributed by atoms with E-state index in [-0.39, 0.29) is 5.69 Å². The minimum Gasteiger partial charge on any atom is -0.495 e. The minimum absolute atomic E-state index is 0.262. The van der Waals surface area contributed by atoms with E-state index in [9.17, 15) is 13.2 Å². The highest BCUT2D eigenvalue weighted by molar-refractivity contribution is 7.92. The van der Waals surface area contributed by atoms with Gasteiger partial charge in [0.2, 0.25) is 10.0 Å². The molecule has 10 nitrogen and oxygen atoms in total. The first kappa shape index (κ1) is 27.2. The molecule has 2 aromatic heterocycles. The van der Waals surface area contributed by atoms with Crippen molar-refractivity contribution < 1.29 is 27.1 Å². The summed E-state index contributed by atoms with van der Waals surface area (Å²) < 4.78 is 43.3. The number of carbonyl (C=O) groups excluding carboxylic acids is 1. The maximum atomic E-state index is 12.4. The zero-order valence-corrected chi connectivity index (χ0v) is 23.5. The molecular formula is C28H26N4O6S2. The van der Waals surface area contributed by atoms with Crippen LogP contribution in [0.5, 0.6) is 5.75 Å². The number of anilines is 2. The largest absolute Gasteiger partial charge is 0.495 e. The fraction of sp³-hybridized carbons (Fsp3) is 0.179. The van der Waals surface area contributed by atoms with Crippen LogP contribution in [0, 0.1) is 0 Å². The van der Waals surface area contributed by atoms with E-state index in [2.05, 4.69) is 15.0 Å². The van der Waals surface area contributed by atoms with Gasteiger partial charge in [-0.05, 0) is 60.7 Å². The van der Waals surface area contributed by atoms with Gasteiger partial charge in [0.1, 0.15) is 23.3 Å². The molecule has 0 spiro atoms. The van der Waals surface area contributed by atoms with Gasteiger partial charge >= 0.3 is 5.97 Å². The van der Waals surface area contributed by atoms with Crippen LogP contribution in [-0.2, 0) is 14.8 Å². The average molecular weight is 579 g/mol. The highest BCUT2D eigenvalue weighted by atomic mass is 32.2. The number of aromatic nitrogens is 1. The highest BCUT2D eigenvalue weighted by Crippen LogP contribution is 2.44. The van der Waals surface area contributed by atoms with Gasteiger partial charge in [-0.15, -0.1) is 0 Å². The molecule has 3 heterocycles. The number of thiocarbonyl (C=S) groups is 1. The molecule has 12 heteroatoms. The van der Waals surface area contributed by atoms with E-state index in [4.69, 9.17) is 26.1 Å². The Morgan fingerprint density at radius 3 is 2.55 bits per heavy atom. The van der Waals surface area contributed by atoms with Gasteiger partial charge in [0, 0.05) is 17.4 Å². The summed E-state index contributed by atoms with van der Waals surface area (Å²) >= 11 is 5.78. The smallest absolute Gasteiger partial charge is 0.338 e. The van der Waals surface area contributed by atoms with E-state index in [1.807, 2.05) is 35.2 Å². The van der Waals surface area contributed by atoms with Gasteiger partial charge in [-0.25, -0.2) is 13.2 Å². The lowest BCUT2D eigenvalue weighted by Crippen LogP contribution is -2.29. The van der Waals surface area contributed by atoms with Crippen LogP contribution in [-0.4, -0.2) is 45.0 Å². The third-order valence-electron chi connectivity index (χ3n) is 6.37. The van der Waals surface area contributed by atoms with Crippen LogP contribution in [0.1, 0.15) is 33.9 Å². The van der Waals surface area contributed by atoms with Crippen LogP contribution in [0.3, 0.4) is 0 Å². The molecule has 0 saturated carbocycles. The van der Waals surface area contributed by atoms with Gasteiger partial charge in [-0.1, -0.05) is 24.3 Å². The molecule has 0 unspecified atom stereocenters. The second-order valence-electron chi connectivity index (χ2n) is 8.99. The van der Waals surface area contributed by atoms with Crippen molar-refractivity contribution in [2.24, 2.45) is 0 Å². The van der Waals surface area contributed by atoms with Crippen molar-refractivity contribution >= 4 is 44.7 Å². The van der Waals surface area contributed by atoms with Crippen molar-refractivity contribution in [2.45, 2.75) is 12.1 Å². The monoisotopic (exact) mass is 578 g/mol. The number of sulfonamides is 1. The summed E-state index contributed by atoms with van der Waals surface area (Å²) in [6.07, 6.45) is 2.76. The normalized spacial score (nSPS) is 16.9.